The molecule has 1 heterocycles. The van der Waals surface area contributed by atoms with Crippen molar-refractivity contribution in [1.29, 1.82) is 0 Å². The number of hydrogen-bond donors (Lipinski definition) is 2. The first-order valence-electron chi connectivity index (χ1n) is 3.31. The summed E-state index contributed by atoms with van der Waals surface area (Å²) in [5.74, 6) is 0. The average molecular weight is 114 g/mol. The summed E-state index contributed by atoms with van der Waals surface area (Å²) in [6.45, 7) is 2.38. The van der Waals surface area contributed by atoms with E-state index < -0.39 is 0 Å². The maximum Gasteiger partial charge on any atom is 0.00912 e. The van der Waals surface area contributed by atoms with Crippen LogP contribution in [0.3, 0.4) is 0 Å². The first-order chi connectivity index (χ1) is 3.93. The van der Waals surface area contributed by atoms with Gasteiger partial charge in [-0.2, -0.15) is 0 Å². The smallest absolute Gasteiger partial charge is 0.00912 e. The molecule has 0 saturated carbocycles. The van der Waals surface area contributed by atoms with Gasteiger partial charge in [0.25, 0.3) is 0 Å². The standard InChI is InChI=1S/C6H14N2/c1-7-4-2-6-3-5-8-6/h6-8H,2-5H2,1H3/t6-/m0/s1. The zero-order chi connectivity index (χ0) is 5.82. The largest absolute Gasteiger partial charge is 0.320 e. The molecule has 0 aromatic rings. The van der Waals surface area contributed by atoms with Crippen LogP contribution in [0.15, 0.2) is 0 Å². The van der Waals surface area contributed by atoms with Crippen LogP contribution in [0.2, 0.25) is 0 Å². The summed E-state index contributed by atoms with van der Waals surface area (Å²) < 4.78 is 0. The summed E-state index contributed by atoms with van der Waals surface area (Å²) in [5, 5.41) is 6.47. The van der Waals surface area contributed by atoms with Crippen LogP contribution < -0.4 is 10.6 Å². The highest BCUT2D eigenvalue weighted by atomic mass is 15.0. The van der Waals surface area contributed by atoms with Gasteiger partial charge in [0.05, 0.1) is 0 Å². The van der Waals surface area contributed by atoms with E-state index in [4.69, 9.17) is 0 Å². The van der Waals surface area contributed by atoms with E-state index in [-0.39, 0.29) is 0 Å². The van der Waals surface area contributed by atoms with E-state index in [9.17, 15) is 0 Å². The van der Waals surface area contributed by atoms with E-state index in [2.05, 4.69) is 10.6 Å². The Labute approximate surface area is 50.7 Å². The Morgan fingerprint density at radius 2 is 2.50 bits per heavy atom. The van der Waals surface area contributed by atoms with Gasteiger partial charge >= 0.3 is 0 Å². The fourth-order valence-electron chi connectivity index (χ4n) is 0.913. The van der Waals surface area contributed by atoms with Gasteiger partial charge in [-0.05, 0) is 33.0 Å². The SMILES string of the molecule is CNCC[C@H]1CCN1. The second-order valence-electron chi connectivity index (χ2n) is 2.33. The van der Waals surface area contributed by atoms with Gasteiger partial charge in [-0.25, -0.2) is 0 Å². The summed E-state index contributed by atoms with van der Waals surface area (Å²) in [6.07, 6.45) is 2.66. The van der Waals surface area contributed by atoms with Gasteiger partial charge in [0.15, 0.2) is 0 Å². The Hall–Kier alpha value is -0.0800. The summed E-state index contributed by atoms with van der Waals surface area (Å²) in [5.41, 5.74) is 0. The highest BCUT2D eigenvalue weighted by molar-refractivity contribution is 4.77. The highest BCUT2D eigenvalue weighted by Gasteiger charge is 2.14. The van der Waals surface area contributed by atoms with E-state index in [0.29, 0.717) is 0 Å². The molecule has 1 aliphatic heterocycles. The van der Waals surface area contributed by atoms with Crippen LogP contribution in [-0.4, -0.2) is 26.2 Å². The van der Waals surface area contributed by atoms with Crippen LogP contribution in [0.25, 0.3) is 0 Å². The number of nitrogens with one attached hydrogen (secondary N) is 2. The molecule has 0 amide bonds. The third kappa shape index (κ3) is 1.46. The minimum Gasteiger partial charge on any atom is -0.320 e. The predicted octanol–water partition coefficient (Wildman–Crippen LogP) is -0.0422. The molecule has 0 aromatic heterocycles. The molecule has 0 unspecified atom stereocenters. The molecule has 48 valence electrons. The molecule has 8 heavy (non-hydrogen) atoms. The lowest BCUT2D eigenvalue weighted by atomic mass is 10.0. The molecule has 2 nitrogen and oxygen atoms in total. The Kier molecular flexibility index (Phi) is 2.30. The van der Waals surface area contributed by atoms with Crippen molar-refractivity contribution >= 4 is 0 Å². The molecule has 0 spiro atoms. The van der Waals surface area contributed by atoms with Crippen LogP contribution in [0.1, 0.15) is 12.8 Å². The van der Waals surface area contributed by atoms with Crippen molar-refractivity contribution in [2.24, 2.45) is 0 Å². The second kappa shape index (κ2) is 3.05. The molecule has 2 N–H and O–H groups in total. The van der Waals surface area contributed by atoms with Crippen LogP contribution in [0.4, 0.5) is 0 Å². The van der Waals surface area contributed by atoms with Crippen LogP contribution in [0, 0.1) is 0 Å². The highest BCUT2D eigenvalue weighted by Crippen LogP contribution is 2.04. The van der Waals surface area contributed by atoms with Crippen LogP contribution in [-0.2, 0) is 0 Å². The molecule has 1 saturated heterocycles. The minimum absolute atomic E-state index is 0.822. The van der Waals surface area contributed by atoms with E-state index in [1.807, 2.05) is 7.05 Å². The van der Waals surface area contributed by atoms with Gasteiger partial charge in [0.1, 0.15) is 0 Å². The Balaban J connectivity index is 1.86. The summed E-state index contributed by atoms with van der Waals surface area (Å²) in [7, 11) is 2.00. The molecule has 1 aliphatic rings. The van der Waals surface area contributed by atoms with Gasteiger partial charge in [-0.15, -0.1) is 0 Å². The first-order valence-corrected chi connectivity index (χ1v) is 3.31. The fourth-order valence-corrected chi connectivity index (χ4v) is 0.913. The van der Waals surface area contributed by atoms with Gasteiger partial charge in [-0.3, -0.25) is 0 Å². The zero-order valence-corrected chi connectivity index (χ0v) is 5.41. The van der Waals surface area contributed by atoms with Gasteiger partial charge < -0.3 is 10.6 Å². The molecule has 2 heteroatoms. The number of rotatable bonds is 3. The van der Waals surface area contributed by atoms with E-state index in [1.54, 1.807) is 0 Å². The Bertz CT molecular complexity index is 59.5. The van der Waals surface area contributed by atoms with Crippen molar-refractivity contribution in [3.8, 4) is 0 Å². The fraction of sp³-hybridized carbons (Fsp3) is 1.00. The first kappa shape index (κ1) is 6.05. The molecule has 1 rings (SSSR count). The lowest BCUT2D eigenvalue weighted by Crippen LogP contribution is -2.44. The van der Waals surface area contributed by atoms with Crippen molar-refractivity contribution in [3.63, 3.8) is 0 Å². The lowest BCUT2D eigenvalue weighted by molar-refractivity contribution is 0.348. The Morgan fingerprint density at radius 3 is 2.88 bits per heavy atom. The van der Waals surface area contributed by atoms with Crippen LogP contribution >= 0.6 is 0 Å². The topological polar surface area (TPSA) is 24.1 Å². The van der Waals surface area contributed by atoms with Crippen molar-refractivity contribution in [2.75, 3.05) is 20.1 Å². The quantitative estimate of drug-likeness (QED) is 0.538. The molecule has 1 atom stereocenters. The van der Waals surface area contributed by atoms with E-state index >= 15 is 0 Å². The molecular weight excluding hydrogens is 100 g/mol. The molecule has 1 fully saturated rings. The van der Waals surface area contributed by atoms with E-state index in [0.717, 1.165) is 12.6 Å². The van der Waals surface area contributed by atoms with Gasteiger partial charge in [0.2, 0.25) is 0 Å². The maximum absolute atomic E-state index is 3.34. The van der Waals surface area contributed by atoms with Crippen molar-refractivity contribution < 1.29 is 0 Å². The van der Waals surface area contributed by atoms with Crippen molar-refractivity contribution in [2.45, 2.75) is 18.9 Å². The van der Waals surface area contributed by atoms with Crippen molar-refractivity contribution in [3.05, 3.63) is 0 Å². The molecule has 0 aliphatic carbocycles. The van der Waals surface area contributed by atoms with Crippen molar-refractivity contribution in [1.82, 2.24) is 10.6 Å². The normalized spacial score (nSPS) is 27.4. The number of hydrogen-bond acceptors (Lipinski definition) is 2. The summed E-state index contributed by atoms with van der Waals surface area (Å²) >= 11 is 0. The summed E-state index contributed by atoms with van der Waals surface area (Å²) in [6, 6.07) is 0.822. The van der Waals surface area contributed by atoms with Gasteiger partial charge in [0, 0.05) is 6.04 Å². The molecular formula is C6H14N2. The minimum atomic E-state index is 0.822. The zero-order valence-electron chi connectivity index (χ0n) is 5.41. The average Bonchev–Trinajstić information content (AvgIpc) is 1.63. The molecule has 0 radical (unpaired) electrons. The third-order valence-electron chi connectivity index (χ3n) is 1.67. The predicted molar refractivity (Wildman–Crippen MR) is 35.0 cm³/mol. The van der Waals surface area contributed by atoms with Gasteiger partial charge in [-0.1, -0.05) is 0 Å². The van der Waals surface area contributed by atoms with E-state index in [1.165, 1.54) is 19.4 Å². The third-order valence-corrected chi connectivity index (χ3v) is 1.67. The van der Waals surface area contributed by atoms with Crippen LogP contribution in [0.5, 0.6) is 0 Å². The second-order valence-corrected chi connectivity index (χ2v) is 2.33. The monoisotopic (exact) mass is 114 g/mol. The lowest BCUT2D eigenvalue weighted by Gasteiger charge is -2.27. The molecule has 0 bridgehead atoms. The summed E-state index contributed by atoms with van der Waals surface area (Å²) in [4.78, 5) is 0. The maximum atomic E-state index is 3.34. The Morgan fingerprint density at radius 1 is 1.75 bits per heavy atom. The molecule has 0 aromatic carbocycles.